The smallest absolute Gasteiger partial charge is 0.164 e. The van der Waals surface area contributed by atoms with Crippen molar-refractivity contribution in [2.75, 3.05) is 28.4 Å². The number of benzene rings is 1. The van der Waals surface area contributed by atoms with Gasteiger partial charge < -0.3 is 24.1 Å². The first kappa shape index (κ1) is 19.2. The summed E-state index contributed by atoms with van der Waals surface area (Å²) in [5.74, 6) is 0.732. The normalized spacial score (nSPS) is 13.5. The number of methoxy groups -OCH3 is 4. The molecule has 0 bridgehead atoms. The second-order valence-corrected chi connectivity index (χ2v) is 5.07. The highest BCUT2D eigenvalue weighted by atomic mass is 16.7. The van der Waals surface area contributed by atoms with Crippen LogP contribution >= 0.6 is 0 Å². The zero-order chi connectivity index (χ0) is 17.4. The van der Waals surface area contributed by atoms with Crippen molar-refractivity contribution >= 4 is 0 Å². The molecule has 1 aromatic carbocycles. The lowest BCUT2D eigenvalue weighted by Crippen LogP contribution is -2.23. The summed E-state index contributed by atoms with van der Waals surface area (Å²) in [4.78, 5) is 0. The van der Waals surface area contributed by atoms with Crippen LogP contribution in [0.1, 0.15) is 42.9 Å². The molecule has 128 valence electrons. The van der Waals surface area contributed by atoms with Crippen LogP contribution in [0.5, 0.6) is 11.5 Å². The Balaban J connectivity index is 3.44. The fraction of sp³-hybridized carbons (Fsp3) is 0.588. The molecule has 23 heavy (non-hydrogen) atoms. The Hall–Kier alpha value is -1.81. The highest BCUT2D eigenvalue weighted by molar-refractivity contribution is 5.50. The summed E-state index contributed by atoms with van der Waals surface area (Å²) in [5.41, 5.74) is 1.39. The molecule has 1 rings (SSSR count). The lowest BCUT2D eigenvalue weighted by atomic mass is 9.92. The van der Waals surface area contributed by atoms with Gasteiger partial charge in [-0.05, 0) is 24.1 Å². The molecule has 0 spiro atoms. The van der Waals surface area contributed by atoms with E-state index in [9.17, 15) is 5.11 Å². The molecule has 2 unspecified atom stereocenters. The van der Waals surface area contributed by atoms with Crippen LogP contribution in [0.25, 0.3) is 0 Å². The van der Waals surface area contributed by atoms with Gasteiger partial charge in [0.25, 0.3) is 0 Å². The first-order valence-corrected chi connectivity index (χ1v) is 7.44. The van der Waals surface area contributed by atoms with Crippen LogP contribution in [0.3, 0.4) is 0 Å². The third-order valence-electron chi connectivity index (χ3n) is 3.82. The van der Waals surface area contributed by atoms with Crippen LogP contribution in [0.15, 0.2) is 12.1 Å². The van der Waals surface area contributed by atoms with Gasteiger partial charge in [-0.3, -0.25) is 0 Å². The number of nitrogens with zero attached hydrogens (tertiary/aromatic N) is 1. The van der Waals surface area contributed by atoms with E-state index in [4.69, 9.17) is 24.2 Å². The SMILES string of the molecule is CCC(O)c1c(OC)cc(C(CC#N)C(OC)OC)cc1OC. The maximum Gasteiger partial charge on any atom is 0.164 e. The molecule has 0 saturated heterocycles. The van der Waals surface area contributed by atoms with Gasteiger partial charge in [-0.2, -0.15) is 5.26 Å². The molecule has 0 radical (unpaired) electrons. The van der Waals surface area contributed by atoms with E-state index in [-0.39, 0.29) is 12.3 Å². The first-order chi connectivity index (χ1) is 11.1. The molecule has 6 heteroatoms. The number of nitriles is 1. The van der Waals surface area contributed by atoms with E-state index in [0.29, 0.717) is 23.5 Å². The van der Waals surface area contributed by atoms with Crippen molar-refractivity contribution in [1.82, 2.24) is 0 Å². The van der Waals surface area contributed by atoms with Gasteiger partial charge in [0, 0.05) is 26.6 Å². The highest BCUT2D eigenvalue weighted by Gasteiger charge is 2.27. The van der Waals surface area contributed by atoms with Gasteiger partial charge in [0.05, 0.1) is 32.0 Å². The maximum absolute atomic E-state index is 10.2. The Labute approximate surface area is 137 Å². The number of aliphatic hydroxyl groups is 1. The van der Waals surface area contributed by atoms with E-state index in [2.05, 4.69) is 6.07 Å². The standard InChI is InChI=1S/C17H25NO5/c1-6-13(19)16-14(20-2)9-11(10-15(16)21-3)12(7-8-18)17(22-4)23-5/h9-10,12-13,17,19H,6-7H2,1-5H3. The monoisotopic (exact) mass is 323 g/mol. The fourth-order valence-corrected chi connectivity index (χ4v) is 2.60. The Kier molecular flexibility index (Phi) is 7.83. The first-order valence-electron chi connectivity index (χ1n) is 7.44. The van der Waals surface area contributed by atoms with Crippen molar-refractivity contribution in [2.24, 2.45) is 0 Å². The van der Waals surface area contributed by atoms with Gasteiger partial charge in [0.2, 0.25) is 0 Å². The number of rotatable bonds is 9. The average molecular weight is 323 g/mol. The quantitative estimate of drug-likeness (QED) is 0.704. The summed E-state index contributed by atoms with van der Waals surface area (Å²) in [6.45, 7) is 1.88. The molecular weight excluding hydrogens is 298 g/mol. The molecule has 0 aliphatic carbocycles. The van der Waals surface area contributed by atoms with Crippen molar-refractivity contribution in [3.8, 4) is 17.6 Å². The van der Waals surface area contributed by atoms with Gasteiger partial charge in [-0.25, -0.2) is 0 Å². The zero-order valence-electron chi connectivity index (χ0n) is 14.3. The molecule has 0 aliphatic rings. The summed E-state index contributed by atoms with van der Waals surface area (Å²) in [7, 11) is 6.13. The van der Waals surface area contributed by atoms with Crippen LogP contribution in [0.2, 0.25) is 0 Å². The second kappa shape index (κ2) is 9.36. The van der Waals surface area contributed by atoms with Crippen LogP contribution in [0, 0.1) is 11.3 Å². The third kappa shape index (κ3) is 4.35. The maximum atomic E-state index is 10.2. The van der Waals surface area contributed by atoms with Crippen molar-refractivity contribution in [3.05, 3.63) is 23.3 Å². The van der Waals surface area contributed by atoms with Crippen LogP contribution in [-0.4, -0.2) is 39.8 Å². The van der Waals surface area contributed by atoms with Crippen LogP contribution in [-0.2, 0) is 9.47 Å². The van der Waals surface area contributed by atoms with Crippen molar-refractivity contribution in [3.63, 3.8) is 0 Å². The summed E-state index contributed by atoms with van der Waals surface area (Å²) in [5, 5.41) is 19.3. The summed E-state index contributed by atoms with van der Waals surface area (Å²) >= 11 is 0. The Bertz CT molecular complexity index is 511. The number of ether oxygens (including phenoxy) is 4. The van der Waals surface area contributed by atoms with E-state index < -0.39 is 12.4 Å². The van der Waals surface area contributed by atoms with Crippen molar-refractivity contribution in [2.45, 2.75) is 38.1 Å². The molecule has 0 aliphatic heterocycles. The Morgan fingerprint density at radius 3 is 1.96 bits per heavy atom. The molecule has 0 aromatic heterocycles. The molecule has 0 fully saturated rings. The van der Waals surface area contributed by atoms with Gasteiger partial charge >= 0.3 is 0 Å². The lowest BCUT2D eigenvalue weighted by Gasteiger charge is -2.25. The second-order valence-electron chi connectivity index (χ2n) is 5.07. The van der Waals surface area contributed by atoms with E-state index >= 15 is 0 Å². The molecule has 1 N–H and O–H groups in total. The molecule has 2 atom stereocenters. The Morgan fingerprint density at radius 2 is 1.61 bits per heavy atom. The highest BCUT2D eigenvalue weighted by Crippen LogP contribution is 2.40. The third-order valence-corrected chi connectivity index (χ3v) is 3.82. The van der Waals surface area contributed by atoms with Crippen molar-refractivity contribution in [1.29, 1.82) is 5.26 Å². The minimum atomic E-state index is -0.691. The van der Waals surface area contributed by atoms with Crippen molar-refractivity contribution < 1.29 is 24.1 Å². The van der Waals surface area contributed by atoms with E-state index in [0.717, 1.165) is 5.56 Å². The Morgan fingerprint density at radius 1 is 1.09 bits per heavy atom. The topological polar surface area (TPSA) is 80.9 Å². The molecule has 1 aromatic rings. The van der Waals surface area contributed by atoms with E-state index in [1.165, 1.54) is 28.4 Å². The summed E-state index contributed by atoms with van der Waals surface area (Å²) < 4.78 is 21.5. The molecule has 0 heterocycles. The van der Waals surface area contributed by atoms with E-state index in [1.807, 2.05) is 6.92 Å². The van der Waals surface area contributed by atoms with Gasteiger partial charge in [-0.15, -0.1) is 0 Å². The minimum absolute atomic E-state index is 0.217. The molecular formula is C17H25NO5. The predicted molar refractivity (Wildman–Crippen MR) is 85.6 cm³/mol. The van der Waals surface area contributed by atoms with Crippen LogP contribution in [0.4, 0.5) is 0 Å². The minimum Gasteiger partial charge on any atom is -0.496 e. The lowest BCUT2D eigenvalue weighted by molar-refractivity contribution is -0.117. The van der Waals surface area contributed by atoms with E-state index in [1.54, 1.807) is 12.1 Å². The molecule has 0 amide bonds. The number of hydrogen-bond donors (Lipinski definition) is 1. The van der Waals surface area contributed by atoms with Gasteiger partial charge in [0.15, 0.2) is 6.29 Å². The van der Waals surface area contributed by atoms with Gasteiger partial charge in [-0.1, -0.05) is 6.92 Å². The largest absolute Gasteiger partial charge is 0.496 e. The fourth-order valence-electron chi connectivity index (χ4n) is 2.60. The summed E-state index contributed by atoms with van der Waals surface area (Å²) in [6, 6.07) is 5.74. The predicted octanol–water partition coefficient (Wildman–Crippen LogP) is 2.76. The molecule has 6 nitrogen and oxygen atoms in total. The van der Waals surface area contributed by atoms with Crippen LogP contribution < -0.4 is 9.47 Å². The number of aliphatic hydroxyl groups excluding tert-OH is 1. The average Bonchev–Trinajstić information content (AvgIpc) is 2.59. The zero-order valence-corrected chi connectivity index (χ0v) is 14.3. The van der Waals surface area contributed by atoms with Gasteiger partial charge in [0.1, 0.15) is 11.5 Å². The number of hydrogen-bond acceptors (Lipinski definition) is 6. The molecule has 0 saturated carbocycles. The summed E-state index contributed by atoms with van der Waals surface area (Å²) in [6.07, 6.45) is -0.504.